The number of hydrogen-bond donors (Lipinski definition) is 4. The average Bonchev–Trinajstić information content (AvgIpc) is 3.08. The van der Waals surface area contributed by atoms with E-state index in [0.29, 0.717) is 54.1 Å². The van der Waals surface area contributed by atoms with E-state index >= 15 is 0 Å². The van der Waals surface area contributed by atoms with Crippen molar-refractivity contribution in [3.8, 4) is 11.5 Å². The molecule has 2 aromatic carbocycles. The molecule has 0 radical (unpaired) electrons. The second kappa shape index (κ2) is 15.3. The van der Waals surface area contributed by atoms with Crippen LogP contribution in [0.3, 0.4) is 0 Å². The standard InChI is InChI=1S/C36H36N4O9/c1-40-20-22(34(45)39-36(40)47)8-14-31(43)37-15-5-3-4-6-16-38-33(44)21-7-11-25(35(46)48-2)28(17-21)32-26-12-9-23(41)18-29(26)49-30-19-24(42)10-13-27(30)32/h7-14,17-20,26,32,42H,3-6,15-16H2,1-2H3,(H,37,43)(H,38,44)(H,39,45,47)/b14-8+. The number of allylic oxidation sites excluding steroid dienone is 3. The molecule has 2 atom stereocenters. The van der Waals surface area contributed by atoms with Crippen LogP contribution in [0.4, 0.5) is 0 Å². The van der Waals surface area contributed by atoms with E-state index in [2.05, 4.69) is 15.6 Å². The number of hydrogen-bond acceptors (Lipinski definition) is 9. The Balaban J connectivity index is 1.17. The molecule has 254 valence electrons. The fourth-order valence-corrected chi connectivity index (χ4v) is 5.80. The smallest absolute Gasteiger partial charge is 0.338 e. The van der Waals surface area contributed by atoms with Gasteiger partial charge in [-0.2, -0.15) is 0 Å². The fourth-order valence-electron chi connectivity index (χ4n) is 5.80. The molecular weight excluding hydrogens is 632 g/mol. The molecule has 5 rings (SSSR count). The maximum absolute atomic E-state index is 13.2. The number of aromatic hydroxyl groups is 1. The van der Waals surface area contributed by atoms with E-state index < -0.39 is 29.1 Å². The highest BCUT2D eigenvalue weighted by atomic mass is 16.5. The third-order valence-electron chi connectivity index (χ3n) is 8.29. The van der Waals surface area contributed by atoms with Crippen LogP contribution >= 0.6 is 0 Å². The van der Waals surface area contributed by atoms with Crippen LogP contribution in [0.15, 0.2) is 82.2 Å². The number of carbonyl (C=O) groups excluding carboxylic acids is 4. The number of ether oxygens (including phenoxy) is 2. The summed E-state index contributed by atoms with van der Waals surface area (Å²) >= 11 is 0. The zero-order valence-corrected chi connectivity index (χ0v) is 27.0. The molecule has 2 aliphatic rings. The molecule has 0 saturated carbocycles. The fraction of sp³-hybridized carbons (Fsp3) is 0.278. The van der Waals surface area contributed by atoms with Crippen molar-refractivity contribution in [2.75, 3.05) is 20.2 Å². The zero-order chi connectivity index (χ0) is 35.1. The minimum Gasteiger partial charge on any atom is -0.508 e. The van der Waals surface area contributed by atoms with Crippen LogP contribution in [0.1, 0.15) is 69.0 Å². The normalized spacial score (nSPS) is 16.3. The molecule has 2 unspecified atom stereocenters. The Morgan fingerprint density at radius 3 is 2.51 bits per heavy atom. The third-order valence-corrected chi connectivity index (χ3v) is 8.29. The molecule has 0 spiro atoms. The van der Waals surface area contributed by atoms with Gasteiger partial charge in [-0.25, -0.2) is 9.59 Å². The molecule has 0 fully saturated rings. The van der Waals surface area contributed by atoms with Crippen molar-refractivity contribution in [1.29, 1.82) is 0 Å². The Kier molecular flexibility index (Phi) is 10.7. The van der Waals surface area contributed by atoms with E-state index in [4.69, 9.17) is 9.47 Å². The van der Waals surface area contributed by atoms with Gasteiger partial charge >= 0.3 is 11.7 Å². The summed E-state index contributed by atoms with van der Waals surface area (Å²) in [5.74, 6) is -1.78. The lowest BCUT2D eigenvalue weighted by Crippen LogP contribution is -2.29. The Morgan fingerprint density at radius 1 is 1.00 bits per heavy atom. The summed E-state index contributed by atoms with van der Waals surface area (Å²) in [6, 6.07) is 9.43. The van der Waals surface area contributed by atoms with Gasteiger partial charge in [-0.3, -0.25) is 24.2 Å². The molecular formula is C36H36N4O9. The summed E-state index contributed by atoms with van der Waals surface area (Å²) < 4.78 is 12.3. The highest BCUT2D eigenvalue weighted by Crippen LogP contribution is 2.49. The van der Waals surface area contributed by atoms with Crippen molar-refractivity contribution >= 4 is 29.6 Å². The second-order valence-electron chi connectivity index (χ2n) is 11.7. The number of aromatic amines is 1. The Hall–Kier alpha value is -5.98. The van der Waals surface area contributed by atoms with Gasteiger partial charge in [0.05, 0.1) is 18.2 Å². The number of benzene rings is 2. The van der Waals surface area contributed by atoms with E-state index in [1.165, 1.54) is 61.4 Å². The Morgan fingerprint density at radius 2 is 1.76 bits per heavy atom. The average molecular weight is 669 g/mol. The van der Waals surface area contributed by atoms with Gasteiger partial charge in [-0.05, 0) is 54.8 Å². The number of amides is 2. The van der Waals surface area contributed by atoms with Gasteiger partial charge < -0.3 is 29.8 Å². The van der Waals surface area contributed by atoms with Crippen LogP contribution in [0.25, 0.3) is 6.08 Å². The monoisotopic (exact) mass is 668 g/mol. The lowest BCUT2D eigenvalue weighted by Gasteiger charge is -2.36. The minimum absolute atomic E-state index is 0.0223. The first kappa shape index (κ1) is 34.4. The third kappa shape index (κ3) is 8.12. The number of fused-ring (bicyclic) bond motifs is 2. The Bertz CT molecular complexity index is 2000. The molecule has 13 heteroatoms. The number of H-pyrrole nitrogens is 1. The van der Waals surface area contributed by atoms with Gasteiger partial charge in [-0.15, -0.1) is 0 Å². The summed E-state index contributed by atoms with van der Waals surface area (Å²) in [6.45, 7) is 0.848. The zero-order valence-electron chi connectivity index (χ0n) is 27.0. The first-order valence-electron chi connectivity index (χ1n) is 15.8. The first-order chi connectivity index (χ1) is 23.5. The number of ketones is 1. The number of esters is 1. The maximum Gasteiger partial charge on any atom is 0.338 e. The van der Waals surface area contributed by atoms with Crippen LogP contribution in [-0.2, 0) is 21.4 Å². The van der Waals surface area contributed by atoms with Gasteiger partial charge in [-0.1, -0.05) is 25.0 Å². The second-order valence-corrected chi connectivity index (χ2v) is 11.7. The van der Waals surface area contributed by atoms with Crippen LogP contribution in [0.5, 0.6) is 11.5 Å². The number of nitrogens with one attached hydrogen (secondary N) is 3. The molecule has 4 N–H and O–H groups in total. The summed E-state index contributed by atoms with van der Waals surface area (Å²) in [4.78, 5) is 75.8. The summed E-state index contributed by atoms with van der Waals surface area (Å²) in [5.41, 5.74) is 0.871. The highest BCUT2D eigenvalue weighted by Gasteiger charge is 2.38. The van der Waals surface area contributed by atoms with Crippen LogP contribution in [0.2, 0.25) is 0 Å². The van der Waals surface area contributed by atoms with E-state index in [0.717, 1.165) is 12.8 Å². The molecule has 13 nitrogen and oxygen atoms in total. The topological polar surface area (TPSA) is 186 Å². The number of aryl methyl sites for hydroxylation is 1. The molecule has 0 saturated heterocycles. The van der Waals surface area contributed by atoms with Gasteiger partial charge in [0.2, 0.25) is 5.91 Å². The summed E-state index contributed by atoms with van der Waals surface area (Å²) in [5, 5.41) is 15.8. The van der Waals surface area contributed by atoms with Gasteiger partial charge in [0.15, 0.2) is 5.78 Å². The molecule has 0 bridgehead atoms. The lowest BCUT2D eigenvalue weighted by atomic mass is 9.74. The predicted molar refractivity (Wildman–Crippen MR) is 179 cm³/mol. The molecule has 1 aliphatic carbocycles. The Labute approximate surface area is 281 Å². The summed E-state index contributed by atoms with van der Waals surface area (Å²) in [6.07, 6.45) is 11.5. The molecule has 1 aliphatic heterocycles. The lowest BCUT2D eigenvalue weighted by molar-refractivity contribution is -0.116. The number of phenols is 1. The van der Waals surface area contributed by atoms with Crippen molar-refractivity contribution < 1.29 is 33.8 Å². The van der Waals surface area contributed by atoms with E-state index in [9.17, 15) is 33.9 Å². The molecule has 2 amide bonds. The largest absolute Gasteiger partial charge is 0.508 e. The molecule has 3 aromatic rings. The maximum atomic E-state index is 13.2. The van der Waals surface area contributed by atoms with E-state index in [-0.39, 0.29) is 34.5 Å². The van der Waals surface area contributed by atoms with Crippen molar-refractivity contribution in [3.63, 3.8) is 0 Å². The van der Waals surface area contributed by atoms with Crippen molar-refractivity contribution in [1.82, 2.24) is 20.2 Å². The number of phenolic OH excluding ortho intramolecular Hbond substituents is 1. The number of aromatic nitrogens is 2. The molecule has 1 aromatic heterocycles. The highest BCUT2D eigenvalue weighted by molar-refractivity contribution is 6.01. The van der Waals surface area contributed by atoms with Crippen LogP contribution < -0.4 is 26.6 Å². The van der Waals surface area contributed by atoms with Crippen molar-refractivity contribution in [3.05, 3.63) is 121 Å². The van der Waals surface area contributed by atoms with Crippen molar-refractivity contribution in [2.45, 2.75) is 31.6 Å². The van der Waals surface area contributed by atoms with Gasteiger partial charge in [0, 0.05) is 67.5 Å². The summed E-state index contributed by atoms with van der Waals surface area (Å²) in [7, 11) is 2.77. The van der Waals surface area contributed by atoms with E-state index in [1.54, 1.807) is 30.3 Å². The van der Waals surface area contributed by atoms with Crippen molar-refractivity contribution in [2.24, 2.45) is 13.0 Å². The SMILES string of the molecule is COC(=O)c1ccc(C(=O)NCCCCCCNC(=O)/C=C/c2cn(C)c(=O)[nH]c2=O)cc1C1c2ccc(O)cc2OC2=CC(=O)C=CC21. The van der Waals surface area contributed by atoms with Crippen LogP contribution in [0, 0.1) is 5.92 Å². The quantitative estimate of drug-likeness (QED) is 0.128. The number of methoxy groups -OCH3 is 1. The van der Waals surface area contributed by atoms with Gasteiger partial charge in [0.25, 0.3) is 11.5 Å². The number of nitrogens with zero attached hydrogens (tertiary/aromatic N) is 1. The molecule has 49 heavy (non-hydrogen) atoms. The molecule has 2 heterocycles. The first-order valence-corrected chi connectivity index (χ1v) is 15.8. The number of unbranched alkanes of at least 4 members (excludes halogenated alkanes) is 3. The minimum atomic E-state index is -0.582. The predicted octanol–water partition coefficient (Wildman–Crippen LogP) is 2.85. The van der Waals surface area contributed by atoms with Crippen LogP contribution in [-0.4, -0.2) is 58.4 Å². The van der Waals surface area contributed by atoms with E-state index in [1.807, 2.05) is 0 Å². The van der Waals surface area contributed by atoms with Gasteiger partial charge in [0.1, 0.15) is 17.3 Å². The number of rotatable bonds is 12. The number of carbonyl (C=O) groups is 4.